The molecule has 3 nitrogen and oxygen atoms in total. The molecule has 4 heteroatoms. The Morgan fingerprint density at radius 3 is 2.74 bits per heavy atom. The maximum atomic E-state index is 9.76. The SMILES string of the molecule is Cc1ccc(OCc2ccc(Br)cn2)c([C@H](C)O)c1. The molecule has 2 aromatic rings. The molecule has 0 unspecified atom stereocenters. The van der Waals surface area contributed by atoms with Gasteiger partial charge in [0, 0.05) is 16.2 Å². The van der Waals surface area contributed by atoms with Gasteiger partial charge in [0.25, 0.3) is 0 Å². The summed E-state index contributed by atoms with van der Waals surface area (Å²) in [5, 5.41) is 9.76. The van der Waals surface area contributed by atoms with E-state index < -0.39 is 6.10 Å². The van der Waals surface area contributed by atoms with Gasteiger partial charge in [0.1, 0.15) is 12.4 Å². The van der Waals surface area contributed by atoms with Crippen molar-refractivity contribution >= 4 is 15.9 Å². The Labute approximate surface area is 121 Å². The van der Waals surface area contributed by atoms with E-state index in [-0.39, 0.29) is 0 Å². The topological polar surface area (TPSA) is 42.4 Å². The number of aliphatic hydroxyl groups is 1. The summed E-state index contributed by atoms with van der Waals surface area (Å²) in [6.45, 7) is 4.11. The Hall–Kier alpha value is -1.39. The highest BCUT2D eigenvalue weighted by Gasteiger charge is 2.09. The number of aryl methyl sites for hydroxylation is 1. The molecule has 1 heterocycles. The minimum Gasteiger partial charge on any atom is -0.487 e. The number of hydrogen-bond donors (Lipinski definition) is 1. The average molecular weight is 322 g/mol. The smallest absolute Gasteiger partial charge is 0.130 e. The highest BCUT2D eigenvalue weighted by atomic mass is 79.9. The molecule has 0 spiro atoms. The third kappa shape index (κ3) is 3.78. The maximum Gasteiger partial charge on any atom is 0.130 e. The van der Waals surface area contributed by atoms with Gasteiger partial charge in [0.05, 0.1) is 11.8 Å². The molecule has 1 aromatic heterocycles. The van der Waals surface area contributed by atoms with Crippen LogP contribution in [-0.2, 0) is 6.61 Å². The zero-order chi connectivity index (χ0) is 13.8. The van der Waals surface area contributed by atoms with Crippen molar-refractivity contribution in [2.24, 2.45) is 0 Å². The standard InChI is InChI=1S/C15H16BrNO2/c1-10-3-6-15(14(7-10)11(2)18)19-9-13-5-4-12(16)8-17-13/h3-8,11,18H,9H2,1-2H3/t11-/m0/s1. The number of hydrogen-bond acceptors (Lipinski definition) is 3. The Morgan fingerprint density at radius 1 is 1.32 bits per heavy atom. The molecule has 0 fully saturated rings. The van der Waals surface area contributed by atoms with Crippen molar-refractivity contribution in [3.05, 3.63) is 57.8 Å². The molecule has 0 saturated carbocycles. The molecule has 1 aromatic carbocycles. The number of rotatable bonds is 4. The lowest BCUT2D eigenvalue weighted by Gasteiger charge is -2.14. The van der Waals surface area contributed by atoms with E-state index in [2.05, 4.69) is 20.9 Å². The number of pyridine rings is 1. The normalized spacial score (nSPS) is 12.2. The predicted molar refractivity (Wildman–Crippen MR) is 78.1 cm³/mol. The molecule has 1 atom stereocenters. The summed E-state index contributed by atoms with van der Waals surface area (Å²) in [6.07, 6.45) is 1.19. The molecule has 0 aliphatic carbocycles. The third-order valence-electron chi connectivity index (χ3n) is 2.78. The first kappa shape index (κ1) is 14.0. The highest BCUT2D eigenvalue weighted by Crippen LogP contribution is 2.26. The van der Waals surface area contributed by atoms with Crippen molar-refractivity contribution in [1.29, 1.82) is 0 Å². The lowest BCUT2D eigenvalue weighted by atomic mass is 10.1. The summed E-state index contributed by atoms with van der Waals surface area (Å²) in [5.41, 5.74) is 2.75. The van der Waals surface area contributed by atoms with E-state index in [0.717, 1.165) is 21.3 Å². The number of halogens is 1. The van der Waals surface area contributed by atoms with Gasteiger partial charge in [-0.05, 0) is 54.0 Å². The fraction of sp³-hybridized carbons (Fsp3) is 0.267. The molecular weight excluding hydrogens is 306 g/mol. The molecule has 0 saturated heterocycles. The van der Waals surface area contributed by atoms with Gasteiger partial charge in [-0.2, -0.15) is 0 Å². The predicted octanol–water partition coefficient (Wildman–Crippen LogP) is 3.78. The van der Waals surface area contributed by atoms with Gasteiger partial charge in [-0.25, -0.2) is 0 Å². The lowest BCUT2D eigenvalue weighted by molar-refractivity contribution is 0.189. The van der Waals surface area contributed by atoms with Crippen LogP contribution < -0.4 is 4.74 Å². The summed E-state index contributed by atoms with van der Waals surface area (Å²) in [7, 11) is 0. The third-order valence-corrected chi connectivity index (χ3v) is 3.25. The van der Waals surface area contributed by atoms with Gasteiger partial charge in [-0.15, -0.1) is 0 Å². The van der Waals surface area contributed by atoms with E-state index in [1.165, 1.54) is 0 Å². The first-order valence-electron chi connectivity index (χ1n) is 6.08. The van der Waals surface area contributed by atoms with Crippen molar-refractivity contribution in [3.63, 3.8) is 0 Å². The number of aliphatic hydroxyl groups excluding tert-OH is 1. The summed E-state index contributed by atoms with van der Waals surface area (Å²) in [4.78, 5) is 4.25. The average Bonchev–Trinajstić information content (AvgIpc) is 2.39. The van der Waals surface area contributed by atoms with E-state index in [4.69, 9.17) is 4.74 Å². The van der Waals surface area contributed by atoms with Gasteiger partial charge in [-0.3, -0.25) is 4.98 Å². The zero-order valence-corrected chi connectivity index (χ0v) is 12.5. The Bertz CT molecular complexity index is 553. The van der Waals surface area contributed by atoms with Crippen molar-refractivity contribution in [2.45, 2.75) is 26.6 Å². The lowest BCUT2D eigenvalue weighted by Crippen LogP contribution is -2.02. The van der Waals surface area contributed by atoms with Crippen LogP contribution in [0.25, 0.3) is 0 Å². The fourth-order valence-electron chi connectivity index (χ4n) is 1.77. The van der Waals surface area contributed by atoms with Gasteiger partial charge >= 0.3 is 0 Å². The fourth-order valence-corrected chi connectivity index (χ4v) is 2.00. The molecule has 0 radical (unpaired) electrons. The number of aromatic nitrogens is 1. The highest BCUT2D eigenvalue weighted by molar-refractivity contribution is 9.10. The molecule has 1 N–H and O–H groups in total. The molecule has 0 aliphatic heterocycles. The van der Waals surface area contributed by atoms with Gasteiger partial charge in [0.2, 0.25) is 0 Å². The van der Waals surface area contributed by atoms with Gasteiger partial charge in [-0.1, -0.05) is 11.6 Å². The monoisotopic (exact) mass is 321 g/mol. The van der Waals surface area contributed by atoms with Crippen molar-refractivity contribution in [1.82, 2.24) is 4.98 Å². The molecule has 100 valence electrons. The van der Waals surface area contributed by atoms with Crippen LogP contribution in [0.5, 0.6) is 5.75 Å². The molecule has 19 heavy (non-hydrogen) atoms. The van der Waals surface area contributed by atoms with Crippen LogP contribution in [-0.4, -0.2) is 10.1 Å². The van der Waals surface area contributed by atoms with Gasteiger partial charge in [0.15, 0.2) is 0 Å². The van der Waals surface area contributed by atoms with Crippen LogP contribution in [0.1, 0.15) is 29.8 Å². The Morgan fingerprint density at radius 2 is 2.11 bits per heavy atom. The second-order valence-corrected chi connectivity index (χ2v) is 5.39. The number of nitrogens with zero attached hydrogens (tertiary/aromatic N) is 1. The van der Waals surface area contributed by atoms with Crippen LogP contribution in [0, 0.1) is 6.92 Å². The molecule has 0 bridgehead atoms. The molecule has 0 amide bonds. The van der Waals surface area contributed by atoms with E-state index in [1.807, 2.05) is 37.3 Å². The van der Waals surface area contributed by atoms with Crippen LogP contribution in [0.3, 0.4) is 0 Å². The summed E-state index contributed by atoms with van der Waals surface area (Å²) >= 11 is 3.34. The van der Waals surface area contributed by atoms with E-state index in [1.54, 1.807) is 13.1 Å². The first-order chi connectivity index (χ1) is 9.06. The van der Waals surface area contributed by atoms with Crippen LogP contribution in [0.2, 0.25) is 0 Å². The van der Waals surface area contributed by atoms with Crippen molar-refractivity contribution in [2.75, 3.05) is 0 Å². The number of ether oxygens (including phenoxy) is 1. The molecule has 2 rings (SSSR count). The first-order valence-corrected chi connectivity index (χ1v) is 6.87. The summed E-state index contributed by atoms with van der Waals surface area (Å²) in [6, 6.07) is 9.62. The van der Waals surface area contributed by atoms with Crippen LogP contribution in [0.15, 0.2) is 41.0 Å². The summed E-state index contributed by atoms with van der Waals surface area (Å²) in [5.74, 6) is 0.699. The van der Waals surface area contributed by atoms with E-state index in [9.17, 15) is 5.11 Å². The van der Waals surface area contributed by atoms with E-state index in [0.29, 0.717) is 12.4 Å². The summed E-state index contributed by atoms with van der Waals surface area (Å²) < 4.78 is 6.68. The van der Waals surface area contributed by atoms with Crippen LogP contribution >= 0.6 is 15.9 Å². The second-order valence-electron chi connectivity index (χ2n) is 4.47. The minimum absolute atomic E-state index is 0.385. The molecule has 0 aliphatic rings. The second kappa shape index (κ2) is 6.17. The van der Waals surface area contributed by atoms with E-state index >= 15 is 0 Å². The van der Waals surface area contributed by atoms with Crippen molar-refractivity contribution < 1.29 is 9.84 Å². The Balaban J connectivity index is 2.13. The maximum absolute atomic E-state index is 9.76. The minimum atomic E-state index is -0.548. The number of benzene rings is 1. The van der Waals surface area contributed by atoms with Crippen LogP contribution in [0.4, 0.5) is 0 Å². The zero-order valence-electron chi connectivity index (χ0n) is 10.9. The van der Waals surface area contributed by atoms with Gasteiger partial charge < -0.3 is 9.84 Å². The van der Waals surface area contributed by atoms with Crippen molar-refractivity contribution in [3.8, 4) is 5.75 Å². The quantitative estimate of drug-likeness (QED) is 0.931. The largest absolute Gasteiger partial charge is 0.487 e. The Kier molecular flexibility index (Phi) is 4.56. The molecular formula is C15H16BrNO2.